The molecule has 8 heteroatoms. The van der Waals surface area contributed by atoms with E-state index in [0.717, 1.165) is 6.07 Å². The molecular formula is C17H15ClF3NO3. The number of hydrogen-bond donors (Lipinski definition) is 2. The number of alkyl halides is 3. The third-order valence-corrected chi connectivity index (χ3v) is 3.80. The number of aliphatic hydroxyl groups excluding tert-OH is 1. The van der Waals surface area contributed by atoms with Crippen LogP contribution in [0.3, 0.4) is 0 Å². The Bertz CT molecular complexity index is 765. The number of carbonyl (C=O) groups is 1. The van der Waals surface area contributed by atoms with Crippen molar-refractivity contribution >= 4 is 17.5 Å². The molecule has 0 unspecified atom stereocenters. The number of hydrogen-bond acceptors (Lipinski definition) is 3. The Kier molecular flexibility index (Phi) is 5.92. The largest absolute Gasteiger partial charge is 0.497 e. The molecule has 0 saturated heterocycles. The van der Waals surface area contributed by atoms with Crippen LogP contribution in [0.15, 0.2) is 42.5 Å². The molecule has 2 aromatic carbocycles. The zero-order chi connectivity index (χ0) is 18.6. The van der Waals surface area contributed by atoms with Crippen molar-refractivity contribution in [2.75, 3.05) is 13.7 Å². The maximum absolute atomic E-state index is 12.8. The van der Waals surface area contributed by atoms with Gasteiger partial charge >= 0.3 is 6.18 Å². The van der Waals surface area contributed by atoms with Gasteiger partial charge in [0, 0.05) is 12.1 Å². The average Bonchev–Trinajstić information content (AvgIpc) is 2.58. The first-order chi connectivity index (χ1) is 11.7. The number of methoxy groups -OCH3 is 1. The van der Waals surface area contributed by atoms with Crippen molar-refractivity contribution in [2.45, 2.75) is 12.3 Å². The van der Waals surface area contributed by atoms with E-state index >= 15 is 0 Å². The van der Waals surface area contributed by atoms with Crippen LogP contribution < -0.4 is 10.1 Å². The van der Waals surface area contributed by atoms with E-state index < -0.39 is 28.8 Å². The summed E-state index contributed by atoms with van der Waals surface area (Å²) in [5, 5.41) is 12.0. The summed E-state index contributed by atoms with van der Waals surface area (Å²) in [6.45, 7) is -0.171. The molecule has 0 aliphatic heterocycles. The molecule has 1 atom stereocenters. The van der Waals surface area contributed by atoms with Crippen LogP contribution in [0.4, 0.5) is 13.2 Å². The summed E-state index contributed by atoms with van der Waals surface area (Å²) in [6, 6.07) is 9.48. The second-order valence-corrected chi connectivity index (χ2v) is 5.60. The molecule has 1 amide bonds. The minimum absolute atomic E-state index is 0.171. The number of carbonyl (C=O) groups excluding carboxylic acids is 1. The first-order valence-electron chi connectivity index (χ1n) is 7.19. The maximum atomic E-state index is 12.8. The summed E-state index contributed by atoms with van der Waals surface area (Å²) in [4.78, 5) is 12.0. The van der Waals surface area contributed by atoms with Gasteiger partial charge in [0.1, 0.15) is 5.75 Å². The molecule has 0 radical (unpaired) electrons. The Morgan fingerprint density at radius 2 is 2.00 bits per heavy atom. The smallest absolute Gasteiger partial charge is 0.417 e. The van der Waals surface area contributed by atoms with Crippen LogP contribution in [-0.2, 0) is 6.18 Å². The number of benzene rings is 2. The zero-order valence-corrected chi connectivity index (χ0v) is 13.9. The normalized spacial score (nSPS) is 12.6. The van der Waals surface area contributed by atoms with Gasteiger partial charge in [0.25, 0.3) is 5.91 Å². The number of halogens is 4. The minimum Gasteiger partial charge on any atom is -0.497 e. The van der Waals surface area contributed by atoms with Gasteiger partial charge in [0.05, 0.1) is 23.8 Å². The fourth-order valence-electron chi connectivity index (χ4n) is 2.14. The first-order valence-corrected chi connectivity index (χ1v) is 7.57. The highest BCUT2D eigenvalue weighted by molar-refractivity contribution is 6.31. The number of aliphatic hydroxyl groups is 1. The molecule has 2 N–H and O–H groups in total. The third-order valence-electron chi connectivity index (χ3n) is 3.47. The lowest BCUT2D eigenvalue weighted by Crippen LogP contribution is -2.28. The molecule has 0 saturated carbocycles. The third kappa shape index (κ3) is 4.87. The molecule has 25 heavy (non-hydrogen) atoms. The van der Waals surface area contributed by atoms with E-state index in [0.29, 0.717) is 17.4 Å². The van der Waals surface area contributed by atoms with Crippen molar-refractivity contribution in [3.05, 3.63) is 64.2 Å². The van der Waals surface area contributed by atoms with E-state index in [1.54, 1.807) is 24.3 Å². The first kappa shape index (κ1) is 19.1. The Labute approximate surface area is 147 Å². The molecule has 2 rings (SSSR count). The van der Waals surface area contributed by atoms with Crippen LogP contribution >= 0.6 is 11.6 Å². The highest BCUT2D eigenvalue weighted by Gasteiger charge is 2.33. The van der Waals surface area contributed by atoms with Gasteiger partial charge in [0.2, 0.25) is 0 Å². The van der Waals surface area contributed by atoms with E-state index in [-0.39, 0.29) is 12.1 Å². The highest BCUT2D eigenvalue weighted by atomic mass is 35.5. The van der Waals surface area contributed by atoms with Crippen molar-refractivity contribution in [3.63, 3.8) is 0 Å². The molecule has 0 aliphatic carbocycles. The molecule has 4 nitrogen and oxygen atoms in total. The second kappa shape index (κ2) is 7.76. The molecule has 0 heterocycles. The predicted octanol–water partition coefficient (Wildman–Crippen LogP) is 3.83. The minimum atomic E-state index is -4.66. The van der Waals surface area contributed by atoms with Crippen molar-refractivity contribution in [3.8, 4) is 5.75 Å². The Hall–Kier alpha value is -2.25. The van der Waals surface area contributed by atoms with Crippen LogP contribution in [0.25, 0.3) is 0 Å². The van der Waals surface area contributed by atoms with Crippen molar-refractivity contribution in [1.82, 2.24) is 5.32 Å². The average molecular weight is 374 g/mol. The van der Waals surface area contributed by atoms with Gasteiger partial charge in [-0.05, 0) is 35.9 Å². The van der Waals surface area contributed by atoms with Crippen LogP contribution in [0.1, 0.15) is 27.6 Å². The van der Waals surface area contributed by atoms with Gasteiger partial charge in [-0.3, -0.25) is 4.79 Å². The molecular weight excluding hydrogens is 359 g/mol. The van der Waals surface area contributed by atoms with E-state index in [9.17, 15) is 23.1 Å². The number of rotatable bonds is 5. The van der Waals surface area contributed by atoms with Crippen LogP contribution in [0, 0.1) is 0 Å². The summed E-state index contributed by atoms with van der Waals surface area (Å²) in [5.74, 6) is -0.209. The number of nitrogens with one attached hydrogen (secondary N) is 1. The van der Waals surface area contributed by atoms with Gasteiger partial charge in [-0.25, -0.2) is 0 Å². The second-order valence-electron chi connectivity index (χ2n) is 5.19. The Morgan fingerprint density at radius 3 is 2.64 bits per heavy atom. The van der Waals surface area contributed by atoms with Crippen molar-refractivity contribution in [2.24, 2.45) is 0 Å². The molecule has 0 spiro atoms. The van der Waals surface area contributed by atoms with E-state index in [1.807, 2.05) is 0 Å². The van der Waals surface area contributed by atoms with Gasteiger partial charge in [-0.1, -0.05) is 23.7 Å². The predicted molar refractivity (Wildman–Crippen MR) is 86.7 cm³/mol. The number of ether oxygens (including phenoxy) is 1. The van der Waals surface area contributed by atoms with E-state index in [4.69, 9.17) is 16.3 Å². The van der Waals surface area contributed by atoms with Crippen LogP contribution in [0.2, 0.25) is 5.02 Å². The summed E-state index contributed by atoms with van der Waals surface area (Å²) < 4.78 is 43.5. The summed E-state index contributed by atoms with van der Waals surface area (Å²) >= 11 is 5.52. The lowest BCUT2D eigenvalue weighted by atomic mass is 10.1. The van der Waals surface area contributed by atoms with E-state index in [1.165, 1.54) is 13.2 Å². The fraction of sp³-hybridized carbons (Fsp3) is 0.235. The molecule has 0 aliphatic rings. The standard InChI is InChI=1S/C17H15ClF3NO3/c1-25-12-4-2-3-10(7-12)15(23)9-22-16(24)11-5-6-14(18)13(8-11)17(19,20)21/h2-8,15,23H,9H2,1H3,(H,22,24)/t15-/m1/s1. The van der Waals surface area contributed by atoms with E-state index in [2.05, 4.69) is 5.32 Å². The molecule has 2 aromatic rings. The quantitative estimate of drug-likeness (QED) is 0.837. The van der Waals surface area contributed by atoms with Crippen molar-refractivity contribution in [1.29, 1.82) is 0 Å². The monoisotopic (exact) mass is 373 g/mol. The summed E-state index contributed by atoms with van der Waals surface area (Å²) in [7, 11) is 1.48. The summed E-state index contributed by atoms with van der Waals surface area (Å²) in [6.07, 6.45) is -5.69. The summed E-state index contributed by atoms with van der Waals surface area (Å²) in [5.41, 5.74) is -0.781. The Balaban J connectivity index is 2.07. The lowest BCUT2D eigenvalue weighted by molar-refractivity contribution is -0.137. The topological polar surface area (TPSA) is 58.6 Å². The van der Waals surface area contributed by atoms with Gasteiger partial charge in [-0.2, -0.15) is 13.2 Å². The lowest BCUT2D eigenvalue weighted by Gasteiger charge is -2.14. The van der Waals surface area contributed by atoms with Gasteiger partial charge < -0.3 is 15.2 Å². The zero-order valence-electron chi connectivity index (χ0n) is 13.1. The van der Waals surface area contributed by atoms with Gasteiger partial charge in [-0.15, -0.1) is 0 Å². The van der Waals surface area contributed by atoms with Crippen LogP contribution in [0.5, 0.6) is 5.75 Å². The van der Waals surface area contributed by atoms with Crippen LogP contribution in [-0.4, -0.2) is 24.7 Å². The molecule has 0 aromatic heterocycles. The van der Waals surface area contributed by atoms with Crippen molar-refractivity contribution < 1.29 is 27.8 Å². The molecule has 134 valence electrons. The SMILES string of the molecule is COc1cccc([C@H](O)CNC(=O)c2ccc(Cl)c(C(F)(F)F)c2)c1. The molecule has 0 fully saturated rings. The maximum Gasteiger partial charge on any atom is 0.417 e. The molecule has 0 bridgehead atoms. The highest BCUT2D eigenvalue weighted by Crippen LogP contribution is 2.35. The Morgan fingerprint density at radius 1 is 1.28 bits per heavy atom. The number of amides is 1. The fourth-order valence-corrected chi connectivity index (χ4v) is 2.37. The van der Waals surface area contributed by atoms with Gasteiger partial charge in [0.15, 0.2) is 0 Å².